The Morgan fingerprint density at radius 1 is 0.391 bits per heavy atom. The van der Waals surface area contributed by atoms with Gasteiger partial charge in [-0.3, -0.25) is 4.57 Å². The molecule has 46 heavy (non-hydrogen) atoms. The van der Waals surface area contributed by atoms with Crippen molar-refractivity contribution < 1.29 is 0 Å². The highest BCUT2D eigenvalue weighted by molar-refractivity contribution is 5.97. The minimum Gasteiger partial charge on any atom is -0.294 e. The summed E-state index contributed by atoms with van der Waals surface area (Å²) in [5.74, 6) is 2.89. The fourth-order valence-corrected chi connectivity index (χ4v) is 7.59. The van der Waals surface area contributed by atoms with Gasteiger partial charge in [0.05, 0.1) is 16.7 Å². The predicted octanol–water partition coefficient (Wildman–Crippen LogP) is 8.89. The maximum atomic E-state index is 5.48. The van der Waals surface area contributed by atoms with Crippen LogP contribution in [0.2, 0.25) is 0 Å². The summed E-state index contributed by atoms with van der Waals surface area (Å²) in [4.78, 5) is 20.6. The van der Waals surface area contributed by atoms with Gasteiger partial charge in [-0.05, 0) is 46.0 Å². The number of fused-ring (bicyclic) bond motifs is 12. The summed E-state index contributed by atoms with van der Waals surface area (Å²) >= 11 is 0. The molecule has 0 atom stereocenters. The zero-order valence-corrected chi connectivity index (χ0v) is 24.7. The summed E-state index contributed by atoms with van der Waals surface area (Å²) in [6, 6.07) is 52.8. The molecule has 214 valence electrons. The van der Waals surface area contributed by atoms with Gasteiger partial charge >= 0.3 is 0 Å². The molecule has 5 heteroatoms. The van der Waals surface area contributed by atoms with Crippen LogP contribution in [0.15, 0.2) is 152 Å². The first-order valence-corrected chi connectivity index (χ1v) is 15.5. The van der Waals surface area contributed by atoms with E-state index in [0.717, 1.165) is 39.2 Å². The lowest BCUT2D eigenvalue weighted by Crippen LogP contribution is -2.27. The molecule has 5 nitrogen and oxygen atoms in total. The smallest absolute Gasteiger partial charge is 0.166 e. The van der Waals surface area contributed by atoms with Crippen LogP contribution in [0.1, 0.15) is 22.5 Å². The average Bonchev–Trinajstić information content (AvgIpc) is 3.76. The van der Waals surface area contributed by atoms with E-state index < -0.39 is 5.41 Å². The van der Waals surface area contributed by atoms with Crippen molar-refractivity contribution >= 4 is 11.0 Å². The van der Waals surface area contributed by atoms with Gasteiger partial charge in [0.2, 0.25) is 0 Å². The molecule has 0 saturated heterocycles. The number of benzene rings is 6. The van der Waals surface area contributed by atoms with E-state index in [2.05, 4.69) is 95.6 Å². The van der Waals surface area contributed by atoms with Crippen molar-refractivity contribution in [3.05, 3.63) is 174 Å². The first-order valence-electron chi connectivity index (χ1n) is 15.5. The SMILES string of the molecule is c1ccc(-c2nc(-c3ccccc3)nc(-c3cccc4nc5n(c34)-c3ccccc3C53c4ccccc4-c4ccccc43)n2)cc1. The molecule has 2 aliphatic rings. The van der Waals surface area contributed by atoms with Crippen molar-refractivity contribution in [3.63, 3.8) is 0 Å². The predicted molar refractivity (Wildman–Crippen MR) is 182 cm³/mol. The molecule has 0 radical (unpaired) electrons. The third-order valence-electron chi connectivity index (χ3n) is 9.45. The minimum absolute atomic E-state index is 0.538. The van der Waals surface area contributed by atoms with Crippen LogP contribution in [0.5, 0.6) is 0 Å². The number of nitrogens with zero attached hydrogens (tertiary/aromatic N) is 5. The van der Waals surface area contributed by atoms with Crippen LogP contribution < -0.4 is 0 Å². The molecule has 0 fully saturated rings. The van der Waals surface area contributed by atoms with Crippen LogP contribution in [-0.2, 0) is 5.41 Å². The maximum absolute atomic E-state index is 5.48. The van der Waals surface area contributed by atoms with Gasteiger partial charge in [0.15, 0.2) is 17.5 Å². The molecular formula is C41H25N5. The summed E-state index contributed by atoms with van der Waals surface area (Å²) < 4.78 is 2.35. The molecule has 0 saturated carbocycles. The lowest BCUT2D eigenvalue weighted by molar-refractivity contribution is 0.738. The van der Waals surface area contributed by atoms with Crippen LogP contribution in [0, 0.1) is 0 Å². The summed E-state index contributed by atoms with van der Waals surface area (Å²) in [5, 5.41) is 0. The van der Waals surface area contributed by atoms with E-state index in [4.69, 9.17) is 19.9 Å². The highest BCUT2D eigenvalue weighted by Gasteiger charge is 2.54. The van der Waals surface area contributed by atoms with Gasteiger partial charge in [-0.1, -0.05) is 133 Å². The summed E-state index contributed by atoms with van der Waals surface area (Å²) in [6.07, 6.45) is 0. The van der Waals surface area contributed by atoms with Crippen molar-refractivity contribution in [3.8, 4) is 51.0 Å². The Hall–Kier alpha value is -6.20. The first kappa shape index (κ1) is 25.2. The van der Waals surface area contributed by atoms with Crippen molar-refractivity contribution in [2.75, 3.05) is 0 Å². The number of rotatable bonds is 3. The second kappa shape index (κ2) is 9.40. The Labute approximate surface area is 265 Å². The quantitative estimate of drug-likeness (QED) is 0.207. The van der Waals surface area contributed by atoms with Crippen molar-refractivity contribution in [1.29, 1.82) is 0 Å². The van der Waals surface area contributed by atoms with E-state index in [9.17, 15) is 0 Å². The molecule has 1 spiro atoms. The highest BCUT2D eigenvalue weighted by atomic mass is 15.1. The van der Waals surface area contributed by atoms with Gasteiger partial charge in [-0.25, -0.2) is 19.9 Å². The number of imidazole rings is 1. The van der Waals surface area contributed by atoms with Crippen LogP contribution in [0.25, 0.3) is 62.0 Å². The molecular weight excluding hydrogens is 562 g/mol. The maximum Gasteiger partial charge on any atom is 0.166 e. The fraction of sp³-hybridized carbons (Fsp3) is 0.0244. The molecule has 0 bridgehead atoms. The topological polar surface area (TPSA) is 56.5 Å². The number of hydrogen-bond donors (Lipinski definition) is 0. The molecule has 1 aliphatic heterocycles. The molecule has 0 N–H and O–H groups in total. The number of para-hydroxylation sites is 2. The lowest BCUT2D eigenvalue weighted by atomic mass is 9.73. The van der Waals surface area contributed by atoms with Crippen LogP contribution >= 0.6 is 0 Å². The lowest BCUT2D eigenvalue weighted by Gasteiger charge is -2.27. The highest BCUT2D eigenvalue weighted by Crippen LogP contribution is 2.60. The van der Waals surface area contributed by atoms with Crippen LogP contribution in [-0.4, -0.2) is 24.5 Å². The summed E-state index contributed by atoms with van der Waals surface area (Å²) in [6.45, 7) is 0. The summed E-state index contributed by atoms with van der Waals surface area (Å²) in [5.41, 5.74) is 11.6. The fourth-order valence-electron chi connectivity index (χ4n) is 7.59. The van der Waals surface area contributed by atoms with E-state index in [1.807, 2.05) is 60.7 Å². The van der Waals surface area contributed by atoms with Crippen LogP contribution in [0.4, 0.5) is 0 Å². The Balaban J connectivity index is 1.30. The second-order valence-corrected chi connectivity index (χ2v) is 11.8. The molecule has 10 rings (SSSR count). The Morgan fingerprint density at radius 3 is 1.52 bits per heavy atom. The van der Waals surface area contributed by atoms with Crippen molar-refractivity contribution in [2.45, 2.75) is 5.41 Å². The Morgan fingerprint density at radius 2 is 0.891 bits per heavy atom. The Kier molecular flexibility index (Phi) is 5.14. The summed E-state index contributed by atoms with van der Waals surface area (Å²) in [7, 11) is 0. The van der Waals surface area contributed by atoms with E-state index in [0.29, 0.717) is 17.5 Å². The molecule has 6 aromatic carbocycles. The van der Waals surface area contributed by atoms with Crippen LogP contribution in [0.3, 0.4) is 0 Å². The standard InChI is InChI=1S/C41H25N5/c1-3-14-26(15-4-1)37-43-38(27-16-5-2-6-17-27)45-39(44-37)30-20-13-24-34-36(30)46-35-25-12-11-23-33(35)41(40(46)42-34)31-21-9-7-18-28(31)29-19-8-10-22-32(29)41/h1-25H. The van der Waals surface area contributed by atoms with E-state index in [1.165, 1.54) is 27.8 Å². The van der Waals surface area contributed by atoms with Gasteiger partial charge in [0.25, 0.3) is 0 Å². The molecule has 0 unspecified atom stereocenters. The van der Waals surface area contributed by atoms with Gasteiger partial charge < -0.3 is 0 Å². The Bertz CT molecular complexity index is 2380. The zero-order valence-electron chi connectivity index (χ0n) is 24.7. The van der Waals surface area contributed by atoms with E-state index in [1.54, 1.807) is 0 Å². The van der Waals surface area contributed by atoms with E-state index in [-0.39, 0.29) is 0 Å². The molecule has 2 aromatic heterocycles. The monoisotopic (exact) mass is 587 g/mol. The van der Waals surface area contributed by atoms with Gasteiger partial charge in [0, 0.05) is 16.7 Å². The molecule has 1 aliphatic carbocycles. The normalized spacial score (nSPS) is 13.4. The van der Waals surface area contributed by atoms with Gasteiger partial charge in [0.1, 0.15) is 11.2 Å². The first-order chi connectivity index (χ1) is 22.8. The average molecular weight is 588 g/mol. The van der Waals surface area contributed by atoms with Crippen molar-refractivity contribution in [1.82, 2.24) is 24.5 Å². The number of hydrogen-bond acceptors (Lipinski definition) is 4. The van der Waals surface area contributed by atoms with E-state index >= 15 is 0 Å². The molecule has 3 heterocycles. The molecule has 0 amide bonds. The molecule has 8 aromatic rings. The number of aromatic nitrogens is 5. The van der Waals surface area contributed by atoms with Crippen molar-refractivity contribution in [2.24, 2.45) is 0 Å². The largest absolute Gasteiger partial charge is 0.294 e. The minimum atomic E-state index is -0.538. The van der Waals surface area contributed by atoms with Gasteiger partial charge in [-0.15, -0.1) is 0 Å². The third kappa shape index (κ3) is 3.29. The zero-order chi connectivity index (χ0) is 30.2. The van der Waals surface area contributed by atoms with Gasteiger partial charge in [-0.2, -0.15) is 0 Å². The third-order valence-corrected chi connectivity index (χ3v) is 9.45. The second-order valence-electron chi connectivity index (χ2n) is 11.8.